The number of nitrogens with one attached hydrogen (secondary N) is 1. The fourth-order valence-corrected chi connectivity index (χ4v) is 3.36. The van der Waals surface area contributed by atoms with E-state index >= 15 is 0 Å². The molecule has 3 rings (SSSR count). The Hall–Kier alpha value is -1.88. The quantitative estimate of drug-likeness (QED) is 0.866. The minimum absolute atomic E-state index is 0.0241. The number of nitrogens with zero attached hydrogens (tertiary/aromatic N) is 1. The molecule has 2 fully saturated rings. The predicted molar refractivity (Wildman–Crippen MR) is 91.6 cm³/mol. The Bertz CT molecular complexity index is 579. The highest BCUT2D eigenvalue weighted by Crippen LogP contribution is 2.17. The van der Waals surface area contributed by atoms with Gasteiger partial charge in [-0.25, -0.2) is 0 Å². The highest BCUT2D eigenvalue weighted by Gasteiger charge is 2.32. The summed E-state index contributed by atoms with van der Waals surface area (Å²) >= 11 is 0. The van der Waals surface area contributed by atoms with Crippen molar-refractivity contribution in [2.75, 3.05) is 19.7 Å². The van der Waals surface area contributed by atoms with E-state index in [1.807, 2.05) is 4.90 Å². The standard InChI is InChI=1S/C19H26N2O3/c1-14-4-6-15(7-5-14)10-11-21(13-16-3-2-12-24-16)19(23)17-8-9-18(22)20-17/h4-7,16-17H,2-3,8-13H2,1H3,(H,20,22)/t16-,17-/m1/s1. The second kappa shape index (κ2) is 7.79. The molecule has 0 unspecified atom stereocenters. The summed E-state index contributed by atoms with van der Waals surface area (Å²) in [5.74, 6) is 0.00686. The maximum Gasteiger partial charge on any atom is 0.245 e. The molecule has 24 heavy (non-hydrogen) atoms. The van der Waals surface area contributed by atoms with E-state index in [0.29, 0.717) is 25.9 Å². The molecule has 130 valence electrons. The summed E-state index contributed by atoms with van der Waals surface area (Å²) in [6.45, 7) is 4.13. The molecule has 0 aromatic heterocycles. The number of carbonyl (C=O) groups excluding carboxylic acids is 2. The molecule has 5 heteroatoms. The Labute approximate surface area is 143 Å². The third-order valence-electron chi connectivity index (χ3n) is 4.84. The van der Waals surface area contributed by atoms with Gasteiger partial charge in [-0.1, -0.05) is 29.8 Å². The van der Waals surface area contributed by atoms with Crippen LogP contribution in [0.5, 0.6) is 0 Å². The second-order valence-corrected chi connectivity index (χ2v) is 6.81. The predicted octanol–water partition coefficient (Wildman–Crippen LogP) is 1.82. The Morgan fingerprint density at radius 1 is 1.29 bits per heavy atom. The zero-order chi connectivity index (χ0) is 16.9. The first-order valence-corrected chi connectivity index (χ1v) is 8.87. The number of rotatable bonds is 6. The van der Waals surface area contributed by atoms with Gasteiger partial charge in [0.15, 0.2) is 0 Å². The summed E-state index contributed by atoms with van der Waals surface area (Å²) in [6, 6.07) is 8.05. The molecule has 0 radical (unpaired) electrons. The number of aryl methyl sites for hydroxylation is 1. The molecule has 0 bridgehead atoms. The molecule has 0 spiro atoms. The molecule has 2 aliphatic heterocycles. The number of ether oxygens (including phenoxy) is 1. The smallest absolute Gasteiger partial charge is 0.245 e. The molecular weight excluding hydrogens is 304 g/mol. The highest BCUT2D eigenvalue weighted by atomic mass is 16.5. The molecule has 0 saturated carbocycles. The van der Waals surface area contributed by atoms with Gasteiger partial charge in [0.25, 0.3) is 0 Å². The summed E-state index contributed by atoms with van der Waals surface area (Å²) in [7, 11) is 0. The van der Waals surface area contributed by atoms with Crippen LogP contribution < -0.4 is 5.32 Å². The molecule has 2 amide bonds. The Kier molecular flexibility index (Phi) is 5.51. The van der Waals surface area contributed by atoms with Crippen LogP contribution in [0.4, 0.5) is 0 Å². The van der Waals surface area contributed by atoms with E-state index in [2.05, 4.69) is 36.5 Å². The molecule has 1 aromatic rings. The van der Waals surface area contributed by atoms with E-state index in [1.165, 1.54) is 11.1 Å². The van der Waals surface area contributed by atoms with Gasteiger partial charge >= 0.3 is 0 Å². The van der Waals surface area contributed by atoms with Crippen molar-refractivity contribution in [3.8, 4) is 0 Å². The van der Waals surface area contributed by atoms with Crippen LogP contribution in [-0.4, -0.2) is 48.6 Å². The van der Waals surface area contributed by atoms with Crippen LogP contribution in [0.2, 0.25) is 0 Å². The Morgan fingerprint density at radius 3 is 2.71 bits per heavy atom. The summed E-state index contributed by atoms with van der Waals surface area (Å²) in [4.78, 5) is 26.1. The zero-order valence-corrected chi connectivity index (χ0v) is 14.3. The van der Waals surface area contributed by atoms with Crippen molar-refractivity contribution in [1.29, 1.82) is 0 Å². The number of amides is 2. The van der Waals surface area contributed by atoms with Crippen LogP contribution in [0, 0.1) is 6.92 Å². The van der Waals surface area contributed by atoms with Crippen molar-refractivity contribution in [1.82, 2.24) is 10.2 Å². The van der Waals surface area contributed by atoms with Gasteiger partial charge in [0, 0.05) is 26.1 Å². The maximum atomic E-state index is 12.8. The van der Waals surface area contributed by atoms with E-state index < -0.39 is 0 Å². The summed E-state index contributed by atoms with van der Waals surface area (Å²) < 4.78 is 5.70. The second-order valence-electron chi connectivity index (χ2n) is 6.81. The molecule has 2 atom stereocenters. The van der Waals surface area contributed by atoms with Gasteiger partial charge in [0.05, 0.1) is 6.10 Å². The number of hydrogen-bond acceptors (Lipinski definition) is 3. The first-order chi connectivity index (χ1) is 11.6. The molecule has 2 aliphatic rings. The van der Waals surface area contributed by atoms with Crippen LogP contribution in [0.3, 0.4) is 0 Å². The summed E-state index contributed by atoms with van der Waals surface area (Å²) in [6.07, 6.45) is 4.06. The first kappa shape index (κ1) is 17.0. The molecule has 2 heterocycles. The largest absolute Gasteiger partial charge is 0.376 e. The summed E-state index contributed by atoms with van der Waals surface area (Å²) in [5, 5.41) is 2.79. The number of hydrogen-bond donors (Lipinski definition) is 1. The van der Waals surface area contributed by atoms with Gasteiger partial charge in [0.1, 0.15) is 6.04 Å². The normalized spacial score (nSPS) is 23.3. The Morgan fingerprint density at radius 2 is 2.08 bits per heavy atom. The monoisotopic (exact) mass is 330 g/mol. The van der Waals surface area contributed by atoms with Crippen molar-refractivity contribution in [2.45, 2.75) is 51.2 Å². The summed E-state index contributed by atoms with van der Waals surface area (Å²) in [5.41, 5.74) is 2.46. The molecule has 1 N–H and O–H groups in total. The minimum Gasteiger partial charge on any atom is -0.376 e. The fraction of sp³-hybridized carbons (Fsp3) is 0.579. The lowest BCUT2D eigenvalue weighted by Crippen LogP contribution is -2.47. The van der Waals surface area contributed by atoms with Crippen molar-refractivity contribution in [3.05, 3.63) is 35.4 Å². The molecular formula is C19H26N2O3. The lowest BCUT2D eigenvalue weighted by molar-refractivity contribution is -0.135. The van der Waals surface area contributed by atoms with Crippen LogP contribution in [0.1, 0.15) is 36.8 Å². The van der Waals surface area contributed by atoms with Gasteiger partial charge in [-0.3, -0.25) is 9.59 Å². The maximum absolute atomic E-state index is 12.8. The van der Waals surface area contributed by atoms with Crippen molar-refractivity contribution in [3.63, 3.8) is 0 Å². The zero-order valence-electron chi connectivity index (χ0n) is 14.3. The third-order valence-corrected chi connectivity index (χ3v) is 4.84. The number of carbonyl (C=O) groups is 2. The van der Waals surface area contributed by atoms with Crippen LogP contribution in [0.25, 0.3) is 0 Å². The molecule has 2 saturated heterocycles. The van der Waals surface area contributed by atoms with Gasteiger partial charge < -0.3 is 15.0 Å². The van der Waals surface area contributed by atoms with Crippen LogP contribution in [-0.2, 0) is 20.7 Å². The van der Waals surface area contributed by atoms with Crippen LogP contribution >= 0.6 is 0 Å². The number of benzene rings is 1. The van der Waals surface area contributed by atoms with Crippen LogP contribution in [0.15, 0.2) is 24.3 Å². The van der Waals surface area contributed by atoms with E-state index in [9.17, 15) is 9.59 Å². The van der Waals surface area contributed by atoms with Crippen molar-refractivity contribution in [2.24, 2.45) is 0 Å². The van der Waals surface area contributed by atoms with E-state index in [0.717, 1.165) is 25.9 Å². The minimum atomic E-state index is -0.364. The lowest BCUT2D eigenvalue weighted by Gasteiger charge is -2.28. The van der Waals surface area contributed by atoms with Gasteiger partial charge in [-0.15, -0.1) is 0 Å². The average molecular weight is 330 g/mol. The van der Waals surface area contributed by atoms with E-state index in [1.54, 1.807) is 0 Å². The van der Waals surface area contributed by atoms with Crippen molar-refractivity contribution < 1.29 is 14.3 Å². The topological polar surface area (TPSA) is 58.6 Å². The van der Waals surface area contributed by atoms with E-state index in [-0.39, 0.29) is 24.0 Å². The lowest BCUT2D eigenvalue weighted by atomic mass is 10.1. The first-order valence-electron chi connectivity index (χ1n) is 8.87. The van der Waals surface area contributed by atoms with E-state index in [4.69, 9.17) is 4.74 Å². The molecule has 0 aliphatic carbocycles. The van der Waals surface area contributed by atoms with Gasteiger partial charge in [-0.05, 0) is 38.2 Å². The Balaban J connectivity index is 1.62. The SMILES string of the molecule is Cc1ccc(CCN(C[C@H]2CCCO2)C(=O)[C@H]2CCC(=O)N2)cc1. The molecule has 1 aromatic carbocycles. The average Bonchev–Trinajstić information content (AvgIpc) is 3.24. The highest BCUT2D eigenvalue weighted by molar-refractivity contribution is 5.90. The molecule has 5 nitrogen and oxygen atoms in total. The van der Waals surface area contributed by atoms with Crippen molar-refractivity contribution >= 4 is 11.8 Å². The third kappa shape index (κ3) is 4.35. The van der Waals surface area contributed by atoms with Gasteiger partial charge in [0.2, 0.25) is 11.8 Å². The van der Waals surface area contributed by atoms with Gasteiger partial charge in [-0.2, -0.15) is 0 Å². The fourth-order valence-electron chi connectivity index (χ4n) is 3.36.